The highest BCUT2D eigenvalue weighted by molar-refractivity contribution is 7.91. The van der Waals surface area contributed by atoms with Crippen molar-refractivity contribution in [3.63, 3.8) is 0 Å². The number of hydrogen-bond donors (Lipinski definition) is 2. The van der Waals surface area contributed by atoms with E-state index in [9.17, 15) is 8.42 Å². The van der Waals surface area contributed by atoms with Crippen molar-refractivity contribution >= 4 is 21.4 Å². The highest BCUT2D eigenvalue weighted by Gasteiger charge is 2.19. The SMILES string of the molecule is COCC(CNS(=O)(=O)c1cc(CNC(C)C)cs1)OC. The van der Waals surface area contributed by atoms with Gasteiger partial charge in [-0.3, -0.25) is 0 Å². The van der Waals surface area contributed by atoms with Crippen LogP contribution in [0.5, 0.6) is 0 Å². The fourth-order valence-corrected chi connectivity index (χ4v) is 3.90. The monoisotopic (exact) mass is 336 g/mol. The lowest BCUT2D eigenvalue weighted by atomic mass is 10.3. The topological polar surface area (TPSA) is 76.7 Å². The van der Waals surface area contributed by atoms with Crippen molar-refractivity contribution in [3.8, 4) is 0 Å². The third kappa shape index (κ3) is 6.41. The number of hydrogen-bond acceptors (Lipinski definition) is 6. The van der Waals surface area contributed by atoms with E-state index in [1.165, 1.54) is 18.4 Å². The lowest BCUT2D eigenvalue weighted by Gasteiger charge is -2.14. The largest absolute Gasteiger partial charge is 0.382 e. The molecule has 0 amide bonds. The molecule has 0 saturated heterocycles. The van der Waals surface area contributed by atoms with Gasteiger partial charge in [0.25, 0.3) is 0 Å². The molecule has 21 heavy (non-hydrogen) atoms. The Bertz CT molecular complexity index is 514. The van der Waals surface area contributed by atoms with Crippen LogP contribution in [-0.2, 0) is 26.0 Å². The van der Waals surface area contributed by atoms with Crippen LogP contribution in [0.15, 0.2) is 15.7 Å². The van der Waals surface area contributed by atoms with Gasteiger partial charge in [-0.05, 0) is 17.0 Å². The summed E-state index contributed by atoms with van der Waals surface area (Å²) < 4.78 is 37.3. The Morgan fingerprint density at radius 1 is 1.33 bits per heavy atom. The molecule has 1 aromatic heterocycles. The molecule has 0 bridgehead atoms. The molecule has 122 valence electrons. The first-order chi connectivity index (χ1) is 9.89. The van der Waals surface area contributed by atoms with Gasteiger partial charge in [0.1, 0.15) is 4.21 Å². The van der Waals surface area contributed by atoms with Gasteiger partial charge in [0.2, 0.25) is 10.0 Å². The maximum atomic E-state index is 12.2. The van der Waals surface area contributed by atoms with E-state index in [0.29, 0.717) is 23.4 Å². The number of sulfonamides is 1. The van der Waals surface area contributed by atoms with Crippen molar-refractivity contribution in [1.29, 1.82) is 0 Å². The predicted molar refractivity (Wildman–Crippen MR) is 84.2 cm³/mol. The van der Waals surface area contributed by atoms with Gasteiger partial charge in [-0.25, -0.2) is 13.1 Å². The minimum absolute atomic E-state index is 0.185. The third-order valence-corrected chi connectivity index (χ3v) is 5.71. The summed E-state index contributed by atoms with van der Waals surface area (Å²) in [6, 6.07) is 2.06. The molecule has 0 aromatic carbocycles. The van der Waals surface area contributed by atoms with Crippen LogP contribution >= 0.6 is 11.3 Å². The first-order valence-electron chi connectivity index (χ1n) is 6.71. The molecule has 1 unspecified atom stereocenters. The second-order valence-electron chi connectivity index (χ2n) is 4.97. The third-order valence-electron chi connectivity index (χ3n) is 2.80. The Kier molecular flexibility index (Phi) is 7.78. The van der Waals surface area contributed by atoms with E-state index in [1.54, 1.807) is 13.2 Å². The molecule has 1 rings (SSSR count). The number of thiophene rings is 1. The van der Waals surface area contributed by atoms with E-state index in [-0.39, 0.29) is 12.6 Å². The standard InChI is InChI=1S/C13H24N2O4S2/c1-10(2)14-6-11-5-13(20-9-11)21(16,17)15-7-12(19-4)8-18-3/h5,9-10,12,14-15H,6-8H2,1-4H3. The van der Waals surface area contributed by atoms with E-state index in [4.69, 9.17) is 9.47 Å². The molecule has 1 atom stereocenters. The molecule has 1 heterocycles. The normalized spacial score (nSPS) is 13.8. The Labute approximate surface area is 130 Å². The van der Waals surface area contributed by atoms with Gasteiger partial charge in [-0.15, -0.1) is 11.3 Å². The Morgan fingerprint density at radius 3 is 2.62 bits per heavy atom. The highest BCUT2D eigenvalue weighted by atomic mass is 32.2. The zero-order valence-corrected chi connectivity index (χ0v) is 14.5. The summed E-state index contributed by atoms with van der Waals surface area (Å²) in [5, 5.41) is 5.11. The van der Waals surface area contributed by atoms with Gasteiger partial charge in [0.05, 0.1) is 12.7 Å². The summed E-state index contributed by atoms with van der Waals surface area (Å²) >= 11 is 1.22. The van der Waals surface area contributed by atoms with E-state index in [0.717, 1.165) is 5.56 Å². The van der Waals surface area contributed by atoms with Gasteiger partial charge in [-0.2, -0.15) is 0 Å². The summed E-state index contributed by atoms with van der Waals surface area (Å²) in [5.74, 6) is 0. The minimum Gasteiger partial charge on any atom is -0.382 e. The maximum absolute atomic E-state index is 12.2. The van der Waals surface area contributed by atoms with Gasteiger partial charge in [0.15, 0.2) is 0 Å². The number of rotatable bonds is 10. The molecular formula is C13H24N2O4S2. The van der Waals surface area contributed by atoms with E-state index < -0.39 is 10.0 Å². The van der Waals surface area contributed by atoms with Crippen molar-refractivity contribution in [2.75, 3.05) is 27.4 Å². The van der Waals surface area contributed by atoms with Crippen LogP contribution in [0.2, 0.25) is 0 Å². The van der Waals surface area contributed by atoms with Crippen molar-refractivity contribution in [2.45, 2.75) is 36.7 Å². The predicted octanol–water partition coefficient (Wildman–Crippen LogP) is 1.19. The minimum atomic E-state index is -3.50. The first kappa shape index (κ1) is 18.5. The van der Waals surface area contributed by atoms with Gasteiger partial charge >= 0.3 is 0 Å². The first-order valence-corrected chi connectivity index (χ1v) is 9.07. The molecule has 0 spiro atoms. The smallest absolute Gasteiger partial charge is 0.250 e. The number of nitrogens with one attached hydrogen (secondary N) is 2. The molecule has 0 aliphatic heterocycles. The van der Waals surface area contributed by atoms with Crippen molar-refractivity contribution in [1.82, 2.24) is 10.0 Å². The number of methoxy groups -OCH3 is 2. The molecular weight excluding hydrogens is 312 g/mol. The Morgan fingerprint density at radius 2 is 2.05 bits per heavy atom. The summed E-state index contributed by atoms with van der Waals surface area (Å²) in [7, 11) is -0.420. The zero-order valence-electron chi connectivity index (χ0n) is 12.9. The second kappa shape index (κ2) is 8.82. The molecule has 0 radical (unpaired) electrons. The summed E-state index contributed by atoms with van der Waals surface area (Å²) in [6.45, 7) is 5.28. The van der Waals surface area contributed by atoms with Gasteiger partial charge < -0.3 is 14.8 Å². The van der Waals surface area contributed by atoms with Crippen LogP contribution in [0.3, 0.4) is 0 Å². The van der Waals surface area contributed by atoms with Crippen LogP contribution in [0.4, 0.5) is 0 Å². The Balaban J connectivity index is 2.61. The van der Waals surface area contributed by atoms with Crippen LogP contribution < -0.4 is 10.0 Å². The van der Waals surface area contributed by atoms with Crippen molar-refractivity contribution in [3.05, 3.63) is 17.0 Å². The van der Waals surface area contributed by atoms with Crippen LogP contribution in [0.25, 0.3) is 0 Å². The van der Waals surface area contributed by atoms with Gasteiger partial charge in [0, 0.05) is 33.4 Å². The van der Waals surface area contributed by atoms with E-state index >= 15 is 0 Å². The fourth-order valence-electron chi connectivity index (χ4n) is 1.58. The number of ether oxygens (including phenoxy) is 2. The second-order valence-corrected chi connectivity index (χ2v) is 7.88. The molecule has 8 heteroatoms. The summed E-state index contributed by atoms with van der Waals surface area (Å²) in [6.07, 6.45) is -0.299. The van der Waals surface area contributed by atoms with Crippen molar-refractivity contribution in [2.24, 2.45) is 0 Å². The average molecular weight is 336 g/mol. The van der Waals surface area contributed by atoms with Crippen LogP contribution in [0, 0.1) is 0 Å². The molecule has 0 fully saturated rings. The Hall–Kier alpha value is -0.510. The fraction of sp³-hybridized carbons (Fsp3) is 0.692. The lowest BCUT2D eigenvalue weighted by molar-refractivity contribution is 0.0320. The molecule has 6 nitrogen and oxygen atoms in total. The highest BCUT2D eigenvalue weighted by Crippen LogP contribution is 2.20. The quantitative estimate of drug-likeness (QED) is 0.671. The molecule has 2 N–H and O–H groups in total. The van der Waals surface area contributed by atoms with E-state index in [2.05, 4.69) is 10.0 Å². The van der Waals surface area contributed by atoms with Crippen molar-refractivity contribution < 1.29 is 17.9 Å². The van der Waals surface area contributed by atoms with Crippen LogP contribution in [0.1, 0.15) is 19.4 Å². The molecule has 1 aromatic rings. The van der Waals surface area contributed by atoms with Gasteiger partial charge in [-0.1, -0.05) is 13.8 Å². The van der Waals surface area contributed by atoms with Crippen LogP contribution in [-0.4, -0.2) is 47.9 Å². The lowest BCUT2D eigenvalue weighted by Crippen LogP contribution is -2.35. The summed E-state index contributed by atoms with van der Waals surface area (Å²) in [4.78, 5) is 0. The maximum Gasteiger partial charge on any atom is 0.250 e. The van der Waals surface area contributed by atoms with E-state index in [1.807, 2.05) is 19.2 Å². The average Bonchev–Trinajstić information content (AvgIpc) is 2.91. The molecule has 0 aliphatic rings. The molecule has 0 aliphatic carbocycles. The zero-order chi connectivity index (χ0) is 15.9. The molecule has 0 saturated carbocycles. The summed E-state index contributed by atoms with van der Waals surface area (Å²) in [5.41, 5.74) is 0.967.